The van der Waals surface area contributed by atoms with Gasteiger partial charge in [-0.05, 0) is 65.3 Å². The van der Waals surface area contributed by atoms with Crippen molar-refractivity contribution < 1.29 is 28.5 Å². The quantitative estimate of drug-likeness (QED) is 0.181. The number of nitrogens with one attached hydrogen (secondary N) is 1. The molecule has 4 atom stereocenters. The van der Waals surface area contributed by atoms with Crippen LogP contribution in [-0.4, -0.2) is 73.7 Å². The molecule has 1 aromatic carbocycles. The Hall–Kier alpha value is -1.71. The molecule has 1 amide bonds. The van der Waals surface area contributed by atoms with Crippen LogP contribution in [0.15, 0.2) is 24.3 Å². The molecule has 3 heterocycles. The van der Waals surface area contributed by atoms with E-state index >= 15 is 0 Å². The van der Waals surface area contributed by atoms with E-state index in [2.05, 4.69) is 17.1 Å². The standard InChI is InChI=1S/C35H58N2O6/c1-5-6-7-8-9-10-11-12-15-18-25-39-27-35-32(42-34(3,4)43-35)31(30(41-35)26-37-23-16-13-14-17-24-37)40-33(38)36-29-21-19-28(2)20-22-29/h19-22,30-32H,5-18,23-27H2,1-4H3,(H,36,38)/t30-,31+,32-,35-/m0/s1. The Kier molecular flexibility index (Phi) is 13.6. The zero-order chi connectivity index (χ0) is 30.5. The largest absolute Gasteiger partial charge is 0.440 e. The molecule has 1 N–H and O–H groups in total. The number of amides is 1. The van der Waals surface area contributed by atoms with Crippen molar-refractivity contribution in [3.63, 3.8) is 0 Å². The molecule has 3 aliphatic heterocycles. The molecule has 3 aliphatic rings. The van der Waals surface area contributed by atoms with Crippen LogP contribution >= 0.6 is 0 Å². The molecule has 3 saturated heterocycles. The number of ether oxygens (including phenoxy) is 5. The van der Waals surface area contributed by atoms with Gasteiger partial charge in [0, 0.05) is 18.8 Å². The SMILES string of the molecule is CCCCCCCCCCCCOC[C@@]12O[C@@H](CN3CCCCCC3)[C@@H](OC(=O)Nc3ccc(C)cc3)[C@@H]1OC(C)(C)O2. The molecule has 244 valence electrons. The van der Waals surface area contributed by atoms with Crippen LogP contribution in [0.25, 0.3) is 0 Å². The molecule has 0 aromatic heterocycles. The van der Waals surface area contributed by atoms with Gasteiger partial charge in [-0.3, -0.25) is 5.32 Å². The van der Waals surface area contributed by atoms with E-state index in [4.69, 9.17) is 23.7 Å². The van der Waals surface area contributed by atoms with Crippen molar-refractivity contribution in [1.29, 1.82) is 0 Å². The third kappa shape index (κ3) is 10.7. The summed E-state index contributed by atoms with van der Waals surface area (Å²) < 4.78 is 31.9. The third-order valence-corrected chi connectivity index (χ3v) is 8.90. The van der Waals surface area contributed by atoms with Crippen molar-refractivity contribution in [2.24, 2.45) is 0 Å². The first-order valence-electron chi connectivity index (χ1n) is 17.2. The third-order valence-electron chi connectivity index (χ3n) is 8.90. The number of fused-ring (bicyclic) bond motifs is 1. The van der Waals surface area contributed by atoms with Crippen LogP contribution in [0.5, 0.6) is 0 Å². The Balaban J connectivity index is 1.33. The fourth-order valence-electron chi connectivity index (χ4n) is 6.63. The summed E-state index contributed by atoms with van der Waals surface area (Å²) in [4.78, 5) is 15.6. The Labute approximate surface area is 260 Å². The highest BCUT2D eigenvalue weighted by molar-refractivity contribution is 5.84. The maximum atomic E-state index is 13.1. The Morgan fingerprint density at radius 3 is 2.19 bits per heavy atom. The normalized spacial score (nSPS) is 27.1. The molecule has 0 saturated carbocycles. The molecule has 8 nitrogen and oxygen atoms in total. The summed E-state index contributed by atoms with van der Waals surface area (Å²) in [7, 11) is 0. The number of carbonyl (C=O) groups excluding carboxylic acids is 1. The van der Waals surface area contributed by atoms with E-state index in [0.717, 1.165) is 31.5 Å². The van der Waals surface area contributed by atoms with Gasteiger partial charge in [-0.25, -0.2) is 4.79 Å². The Morgan fingerprint density at radius 2 is 1.53 bits per heavy atom. The number of likely N-dealkylation sites (tertiary alicyclic amines) is 1. The van der Waals surface area contributed by atoms with Crippen molar-refractivity contribution in [3.8, 4) is 0 Å². The summed E-state index contributed by atoms with van der Waals surface area (Å²) >= 11 is 0. The van der Waals surface area contributed by atoms with Gasteiger partial charge in [-0.15, -0.1) is 0 Å². The molecular formula is C35H58N2O6. The molecule has 4 rings (SSSR count). The zero-order valence-corrected chi connectivity index (χ0v) is 27.4. The number of carbonyl (C=O) groups is 1. The lowest BCUT2D eigenvalue weighted by atomic mass is 10.0. The number of anilines is 1. The summed E-state index contributed by atoms with van der Waals surface area (Å²) in [5.41, 5.74) is 1.82. The zero-order valence-electron chi connectivity index (χ0n) is 27.4. The lowest BCUT2D eigenvalue weighted by molar-refractivity contribution is -0.279. The second-order valence-electron chi connectivity index (χ2n) is 13.3. The second kappa shape index (κ2) is 17.1. The molecule has 43 heavy (non-hydrogen) atoms. The summed E-state index contributed by atoms with van der Waals surface area (Å²) in [6, 6.07) is 7.68. The fourth-order valence-corrected chi connectivity index (χ4v) is 6.63. The van der Waals surface area contributed by atoms with Crippen molar-refractivity contribution >= 4 is 11.8 Å². The molecule has 1 aromatic rings. The van der Waals surface area contributed by atoms with Gasteiger partial charge in [-0.1, -0.05) is 95.2 Å². The molecule has 0 radical (unpaired) electrons. The Morgan fingerprint density at radius 1 is 0.907 bits per heavy atom. The Bertz CT molecular complexity index is 948. The molecule has 0 spiro atoms. The predicted octanol–water partition coefficient (Wildman–Crippen LogP) is 7.97. The number of unbranched alkanes of at least 4 members (excludes halogenated alkanes) is 9. The van der Waals surface area contributed by atoms with Gasteiger partial charge in [-0.2, -0.15) is 0 Å². The minimum absolute atomic E-state index is 0.245. The maximum absolute atomic E-state index is 13.1. The van der Waals surface area contributed by atoms with Crippen LogP contribution < -0.4 is 5.32 Å². The number of hydrogen-bond acceptors (Lipinski definition) is 7. The van der Waals surface area contributed by atoms with E-state index < -0.39 is 29.9 Å². The highest BCUT2D eigenvalue weighted by Crippen LogP contribution is 2.47. The summed E-state index contributed by atoms with van der Waals surface area (Å²) in [5.74, 6) is -2.00. The first kappa shape index (κ1) is 34.2. The molecular weight excluding hydrogens is 544 g/mol. The van der Waals surface area contributed by atoms with E-state index in [9.17, 15) is 4.79 Å². The van der Waals surface area contributed by atoms with Crippen LogP contribution in [0.2, 0.25) is 0 Å². The monoisotopic (exact) mass is 602 g/mol. The van der Waals surface area contributed by atoms with Gasteiger partial charge in [0.1, 0.15) is 12.7 Å². The van der Waals surface area contributed by atoms with Crippen molar-refractivity contribution in [1.82, 2.24) is 4.90 Å². The first-order valence-corrected chi connectivity index (χ1v) is 17.2. The van der Waals surface area contributed by atoms with Gasteiger partial charge in [0.25, 0.3) is 0 Å². The maximum Gasteiger partial charge on any atom is 0.412 e. The van der Waals surface area contributed by atoms with Gasteiger partial charge >= 0.3 is 6.09 Å². The highest BCUT2D eigenvalue weighted by Gasteiger charge is 2.66. The van der Waals surface area contributed by atoms with Crippen LogP contribution in [0.1, 0.15) is 116 Å². The first-order chi connectivity index (χ1) is 20.8. The number of nitrogens with zero attached hydrogens (tertiary/aromatic N) is 1. The van der Waals surface area contributed by atoms with Gasteiger partial charge in [0.15, 0.2) is 18.0 Å². The smallest absolute Gasteiger partial charge is 0.412 e. The van der Waals surface area contributed by atoms with E-state index in [1.54, 1.807) is 0 Å². The number of rotatable bonds is 17. The number of aryl methyl sites for hydroxylation is 1. The van der Waals surface area contributed by atoms with E-state index in [1.165, 1.54) is 77.0 Å². The molecule has 0 unspecified atom stereocenters. The van der Waals surface area contributed by atoms with Gasteiger partial charge < -0.3 is 28.6 Å². The van der Waals surface area contributed by atoms with Crippen LogP contribution in [-0.2, 0) is 23.7 Å². The average Bonchev–Trinajstić information content (AvgIpc) is 3.21. The minimum Gasteiger partial charge on any atom is -0.440 e. The number of hydrogen-bond donors (Lipinski definition) is 1. The van der Waals surface area contributed by atoms with Crippen LogP contribution in [0, 0.1) is 6.92 Å². The van der Waals surface area contributed by atoms with Crippen LogP contribution in [0.4, 0.5) is 10.5 Å². The average molecular weight is 603 g/mol. The van der Waals surface area contributed by atoms with E-state index in [1.807, 2.05) is 45.0 Å². The van der Waals surface area contributed by atoms with Gasteiger partial charge in [0.05, 0.1) is 0 Å². The van der Waals surface area contributed by atoms with E-state index in [-0.39, 0.29) is 12.7 Å². The summed E-state index contributed by atoms with van der Waals surface area (Å²) in [6.07, 6.45) is 15.5. The lowest BCUT2D eigenvalue weighted by Gasteiger charge is -2.31. The molecule has 0 aliphatic carbocycles. The summed E-state index contributed by atoms with van der Waals surface area (Å²) in [5, 5.41) is 2.88. The second-order valence-corrected chi connectivity index (χ2v) is 13.3. The minimum atomic E-state index is -1.12. The predicted molar refractivity (Wildman–Crippen MR) is 170 cm³/mol. The lowest BCUT2D eigenvalue weighted by Crippen LogP contribution is -2.46. The van der Waals surface area contributed by atoms with Crippen molar-refractivity contribution in [2.75, 3.05) is 38.2 Å². The number of benzene rings is 1. The molecule has 8 heteroatoms. The van der Waals surface area contributed by atoms with Crippen molar-refractivity contribution in [2.45, 2.75) is 147 Å². The highest BCUT2D eigenvalue weighted by atomic mass is 16.9. The molecule has 3 fully saturated rings. The summed E-state index contributed by atoms with van der Waals surface area (Å²) in [6.45, 7) is 11.6. The van der Waals surface area contributed by atoms with Crippen LogP contribution in [0.3, 0.4) is 0 Å². The molecule has 0 bridgehead atoms. The van der Waals surface area contributed by atoms with Gasteiger partial charge in [0.2, 0.25) is 5.79 Å². The fraction of sp³-hybridized carbons (Fsp3) is 0.800. The topological polar surface area (TPSA) is 78.5 Å². The van der Waals surface area contributed by atoms with Crippen molar-refractivity contribution in [3.05, 3.63) is 29.8 Å². The van der Waals surface area contributed by atoms with E-state index in [0.29, 0.717) is 18.8 Å².